The number of rotatable bonds is 4. The van der Waals surface area contributed by atoms with E-state index in [0.29, 0.717) is 22.4 Å². The van der Waals surface area contributed by atoms with Crippen LogP contribution in [0.25, 0.3) is 0 Å². The number of carbonyl (C=O) groups is 1. The van der Waals surface area contributed by atoms with Crippen molar-refractivity contribution in [2.45, 2.75) is 19.9 Å². The first-order chi connectivity index (χ1) is 8.63. The smallest absolute Gasteiger partial charge is 0.230 e. The number of ketones is 1. The Labute approximate surface area is 122 Å². The van der Waals surface area contributed by atoms with E-state index in [1.165, 1.54) is 0 Å². The van der Waals surface area contributed by atoms with Crippen molar-refractivity contribution in [1.82, 2.24) is 14.8 Å². The van der Waals surface area contributed by atoms with E-state index in [9.17, 15) is 4.79 Å². The molecule has 0 aromatic carbocycles. The molecule has 18 heavy (non-hydrogen) atoms. The lowest BCUT2D eigenvalue weighted by Crippen LogP contribution is -2.13. The third kappa shape index (κ3) is 2.70. The second-order valence-electron chi connectivity index (χ2n) is 3.76. The highest BCUT2D eigenvalue weighted by Gasteiger charge is 2.19. The van der Waals surface area contributed by atoms with Gasteiger partial charge in [0.05, 0.1) is 10.7 Å². The Balaban J connectivity index is 2.39. The van der Waals surface area contributed by atoms with Crippen LogP contribution in [-0.2, 0) is 6.54 Å². The van der Waals surface area contributed by atoms with Gasteiger partial charge in [-0.1, -0.05) is 6.92 Å². The van der Waals surface area contributed by atoms with Gasteiger partial charge in [-0.2, -0.15) is 5.10 Å². The number of pyridine rings is 1. The molecule has 0 aliphatic carbocycles. The molecule has 0 N–H and O–H groups in total. The van der Waals surface area contributed by atoms with Crippen LogP contribution in [-0.4, -0.2) is 20.5 Å². The first-order valence-corrected chi connectivity index (χ1v) is 7.09. The zero-order chi connectivity index (χ0) is 13.1. The van der Waals surface area contributed by atoms with Gasteiger partial charge in [0, 0.05) is 17.2 Å². The molecular formula is C12H11Br2N3O. The molecule has 6 heteroatoms. The standard InChI is InChI=1S/C12H11Br2N3O/c1-2-5-17-11(9(14)7-16-17)12(18)10-4-3-8(13)6-15-10/h3-4,6-7H,2,5H2,1H3. The van der Waals surface area contributed by atoms with Crippen molar-refractivity contribution in [3.63, 3.8) is 0 Å². The van der Waals surface area contributed by atoms with Crippen molar-refractivity contribution in [2.24, 2.45) is 0 Å². The van der Waals surface area contributed by atoms with Crippen LogP contribution >= 0.6 is 31.9 Å². The van der Waals surface area contributed by atoms with E-state index in [0.717, 1.165) is 10.9 Å². The van der Waals surface area contributed by atoms with Gasteiger partial charge in [0.1, 0.15) is 11.4 Å². The Hall–Kier alpha value is -1.01. The third-order valence-electron chi connectivity index (χ3n) is 2.41. The van der Waals surface area contributed by atoms with Crippen LogP contribution in [0.1, 0.15) is 29.5 Å². The number of carbonyl (C=O) groups excluding carboxylic acids is 1. The van der Waals surface area contributed by atoms with E-state index in [2.05, 4.69) is 41.9 Å². The highest BCUT2D eigenvalue weighted by Crippen LogP contribution is 2.20. The largest absolute Gasteiger partial charge is 0.285 e. The number of hydrogen-bond donors (Lipinski definition) is 0. The van der Waals surface area contributed by atoms with Gasteiger partial charge >= 0.3 is 0 Å². The van der Waals surface area contributed by atoms with Gasteiger partial charge < -0.3 is 0 Å². The number of hydrogen-bond acceptors (Lipinski definition) is 3. The molecular weight excluding hydrogens is 362 g/mol. The number of aryl methyl sites for hydroxylation is 1. The van der Waals surface area contributed by atoms with Crippen molar-refractivity contribution in [1.29, 1.82) is 0 Å². The molecule has 0 saturated heterocycles. The molecule has 4 nitrogen and oxygen atoms in total. The van der Waals surface area contributed by atoms with E-state index in [-0.39, 0.29) is 5.78 Å². The summed E-state index contributed by atoms with van der Waals surface area (Å²) in [5, 5.41) is 4.18. The fraction of sp³-hybridized carbons (Fsp3) is 0.250. The molecule has 0 unspecified atom stereocenters. The Bertz CT molecular complexity index is 563. The Morgan fingerprint density at radius 1 is 1.33 bits per heavy atom. The predicted octanol–water partition coefficient (Wildman–Crippen LogP) is 3.44. The molecule has 0 fully saturated rings. The van der Waals surface area contributed by atoms with Crippen molar-refractivity contribution in [3.05, 3.63) is 44.9 Å². The Morgan fingerprint density at radius 2 is 2.11 bits per heavy atom. The number of nitrogens with zero attached hydrogens (tertiary/aromatic N) is 3. The summed E-state index contributed by atoms with van der Waals surface area (Å²) in [7, 11) is 0. The maximum atomic E-state index is 12.4. The van der Waals surface area contributed by atoms with E-state index < -0.39 is 0 Å². The van der Waals surface area contributed by atoms with Crippen LogP contribution in [0, 0.1) is 0 Å². The van der Waals surface area contributed by atoms with E-state index in [1.54, 1.807) is 29.2 Å². The van der Waals surface area contributed by atoms with E-state index in [1.807, 2.05) is 6.92 Å². The van der Waals surface area contributed by atoms with E-state index in [4.69, 9.17) is 0 Å². The normalized spacial score (nSPS) is 10.6. The quantitative estimate of drug-likeness (QED) is 0.772. The van der Waals surface area contributed by atoms with Crippen molar-refractivity contribution < 1.29 is 4.79 Å². The lowest BCUT2D eigenvalue weighted by atomic mass is 10.2. The Morgan fingerprint density at radius 3 is 2.72 bits per heavy atom. The molecule has 0 amide bonds. The predicted molar refractivity (Wildman–Crippen MR) is 75.6 cm³/mol. The van der Waals surface area contributed by atoms with Gasteiger partial charge in [-0.15, -0.1) is 0 Å². The van der Waals surface area contributed by atoms with Crippen LogP contribution in [0.15, 0.2) is 33.5 Å². The van der Waals surface area contributed by atoms with Crippen LogP contribution in [0.3, 0.4) is 0 Å². The van der Waals surface area contributed by atoms with Crippen LogP contribution in [0.5, 0.6) is 0 Å². The molecule has 0 spiro atoms. The summed E-state index contributed by atoms with van der Waals surface area (Å²) in [6.45, 7) is 2.75. The molecule has 0 aliphatic rings. The van der Waals surface area contributed by atoms with Crippen LogP contribution in [0.2, 0.25) is 0 Å². The average Bonchev–Trinajstić information content (AvgIpc) is 2.71. The second-order valence-corrected chi connectivity index (χ2v) is 5.53. The highest BCUT2D eigenvalue weighted by molar-refractivity contribution is 9.10. The topological polar surface area (TPSA) is 47.8 Å². The molecule has 0 saturated carbocycles. The zero-order valence-electron chi connectivity index (χ0n) is 9.73. The van der Waals surface area contributed by atoms with Crippen molar-refractivity contribution >= 4 is 37.6 Å². The molecule has 0 aliphatic heterocycles. The first kappa shape index (κ1) is 13.4. The van der Waals surface area contributed by atoms with Gasteiger partial charge in [0.2, 0.25) is 5.78 Å². The minimum Gasteiger partial charge on any atom is -0.285 e. The maximum absolute atomic E-state index is 12.4. The highest BCUT2D eigenvalue weighted by atomic mass is 79.9. The summed E-state index contributed by atoms with van der Waals surface area (Å²) in [5.41, 5.74) is 0.962. The number of halogens is 2. The van der Waals surface area contributed by atoms with Gasteiger partial charge in [-0.3, -0.25) is 14.5 Å². The van der Waals surface area contributed by atoms with Gasteiger partial charge in [0.15, 0.2) is 0 Å². The summed E-state index contributed by atoms with van der Waals surface area (Å²) < 4.78 is 3.25. The molecule has 0 bridgehead atoms. The Kier molecular flexibility index (Phi) is 4.29. The fourth-order valence-electron chi connectivity index (χ4n) is 1.60. The minimum absolute atomic E-state index is 0.125. The van der Waals surface area contributed by atoms with Crippen LogP contribution in [0.4, 0.5) is 0 Å². The summed E-state index contributed by atoms with van der Waals surface area (Å²) in [5.74, 6) is -0.125. The average molecular weight is 373 g/mol. The summed E-state index contributed by atoms with van der Waals surface area (Å²) >= 11 is 6.65. The molecule has 94 valence electrons. The van der Waals surface area contributed by atoms with Crippen LogP contribution < -0.4 is 0 Å². The summed E-state index contributed by atoms with van der Waals surface area (Å²) in [4.78, 5) is 16.5. The third-order valence-corrected chi connectivity index (χ3v) is 3.45. The van der Waals surface area contributed by atoms with Crippen molar-refractivity contribution in [2.75, 3.05) is 0 Å². The lowest BCUT2D eigenvalue weighted by molar-refractivity contribution is 0.102. The molecule has 0 atom stereocenters. The molecule has 0 radical (unpaired) electrons. The minimum atomic E-state index is -0.125. The zero-order valence-corrected chi connectivity index (χ0v) is 12.9. The fourth-order valence-corrected chi connectivity index (χ4v) is 2.31. The molecule has 2 rings (SSSR count). The first-order valence-electron chi connectivity index (χ1n) is 5.51. The van der Waals surface area contributed by atoms with Gasteiger partial charge in [-0.25, -0.2) is 0 Å². The summed E-state index contributed by atoms with van der Waals surface area (Å²) in [6.07, 6.45) is 4.17. The monoisotopic (exact) mass is 371 g/mol. The SMILES string of the molecule is CCCn1ncc(Br)c1C(=O)c1ccc(Br)cn1. The lowest BCUT2D eigenvalue weighted by Gasteiger charge is -2.05. The number of aromatic nitrogens is 3. The summed E-state index contributed by atoms with van der Waals surface area (Å²) in [6, 6.07) is 3.50. The van der Waals surface area contributed by atoms with Crippen molar-refractivity contribution in [3.8, 4) is 0 Å². The maximum Gasteiger partial charge on any atom is 0.230 e. The second kappa shape index (κ2) is 5.75. The molecule has 2 aromatic heterocycles. The molecule has 2 heterocycles. The van der Waals surface area contributed by atoms with E-state index >= 15 is 0 Å². The molecule has 2 aromatic rings. The van der Waals surface area contributed by atoms with Gasteiger partial charge in [-0.05, 0) is 50.4 Å². The van der Waals surface area contributed by atoms with Gasteiger partial charge in [0.25, 0.3) is 0 Å².